The van der Waals surface area contributed by atoms with Gasteiger partial charge in [-0.15, -0.1) is 0 Å². The van der Waals surface area contributed by atoms with Crippen molar-refractivity contribution < 1.29 is 33.0 Å². The highest BCUT2D eigenvalue weighted by molar-refractivity contribution is 5.86. The molecule has 0 bridgehead atoms. The van der Waals surface area contributed by atoms with Crippen LogP contribution in [-0.2, 0) is 14.3 Å². The standard InChI is InChI=1S/C26H28F2N2O5/c1-25(2,23(32)33)14-29-22(31)26(27,28)21(15-11-12-15)30-24(34)35-13-20-18-9-5-3-7-16(18)17-8-4-6-10-19(17)20/h3-10,15,20-21H,11-14H2,1-2H3,(H,29,31)(H,30,34)(H,32,33). The Balaban J connectivity index is 1.41. The minimum atomic E-state index is -3.93. The Hall–Kier alpha value is -3.49. The van der Waals surface area contributed by atoms with Gasteiger partial charge in [0, 0.05) is 12.5 Å². The van der Waals surface area contributed by atoms with E-state index in [1.807, 2.05) is 53.8 Å². The molecular weight excluding hydrogens is 458 g/mol. The van der Waals surface area contributed by atoms with Crippen molar-refractivity contribution in [1.29, 1.82) is 0 Å². The van der Waals surface area contributed by atoms with Crippen molar-refractivity contribution in [3.63, 3.8) is 0 Å². The average Bonchev–Trinajstić information content (AvgIpc) is 3.61. The summed E-state index contributed by atoms with van der Waals surface area (Å²) in [5.74, 6) is -7.57. The van der Waals surface area contributed by atoms with Gasteiger partial charge in [-0.05, 0) is 54.9 Å². The van der Waals surface area contributed by atoms with Crippen LogP contribution in [0.5, 0.6) is 0 Å². The molecule has 2 aliphatic rings. The lowest BCUT2D eigenvalue weighted by molar-refractivity contribution is -0.153. The van der Waals surface area contributed by atoms with Crippen LogP contribution in [0.25, 0.3) is 11.1 Å². The van der Waals surface area contributed by atoms with Gasteiger partial charge >= 0.3 is 18.0 Å². The number of carboxylic acids is 1. The number of amides is 2. The molecule has 0 saturated heterocycles. The molecule has 0 heterocycles. The highest BCUT2D eigenvalue weighted by Crippen LogP contribution is 2.44. The van der Waals surface area contributed by atoms with Gasteiger partial charge in [0.05, 0.1) is 5.41 Å². The molecule has 3 N–H and O–H groups in total. The molecule has 186 valence electrons. The number of alkyl halides is 2. The van der Waals surface area contributed by atoms with Crippen LogP contribution in [-0.4, -0.2) is 48.2 Å². The highest BCUT2D eigenvalue weighted by atomic mass is 19.3. The zero-order chi connectivity index (χ0) is 25.4. The number of benzene rings is 2. The average molecular weight is 487 g/mol. The van der Waals surface area contributed by atoms with Crippen LogP contribution in [0.2, 0.25) is 0 Å². The quantitative estimate of drug-likeness (QED) is 0.494. The summed E-state index contributed by atoms with van der Waals surface area (Å²) in [5, 5.41) is 13.4. The lowest BCUT2D eigenvalue weighted by Crippen LogP contribution is -2.58. The molecule has 35 heavy (non-hydrogen) atoms. The number of alkyl carbamates (subject to hydrolysis) is 1. The van der Waals surface area contributed by atoms with Crippen LogP contribution in [0, 0.1) is 11.3 Å². The van der Waals surface area contributed by atoms with Gasteiger partial charge in [-0.2, -0.15) is 8.78 Å². The van der Waals surface area contributed by atoms with E-state index in [9.17, 15) is 14.4 Å². The third kappa shape index (κ3) is 4.99. The molecule has 2 aromatic carbocycles. The largest absolute Gasteiger partial charge is 0.481 e. The maximum atomic E-state index is 15.0. The third-order valence-electron chi connectivity index (χ3n) is 6.67. The molecule has 1 atom stereocenters. The fourth-order valence-electron chi connectivity index (χ4n) is 4.34. The molecule has 2 amide bonds. The first-order valence-corrected chi connectivity index (χ1v) is 11.5. The van der Waals surface area contributed by atoms with Crippen molar-refractivity contribution in [1.82, 2.24) is 10.6 Å². The fraction of sp³-hybridized carbons (Fsp3) is 0.423. The van der Waals surface area contributed by atoms with E-state index in [2.05, 4.69) is 5.32 Å². The van der Waals surface area contributed by atoms with Crippen LogP contribution >= 0.6 is 0 Å². The van der Waals surface area contributed by atoms with Gasteiger partial charge in [0.15, 0.2) is 0 Å². The van der Waals surface area contributed by atoms with E-state index < -0.39 is 47.8 Å². The summed E-state index contributed by atoms with van der Waals surface area (Å²) in [7, 11) is 0. The monoisotopic (exact) mass is 486 g/mol. The maximum absolute atomic E-state index is 15.0. The highest BCUT2D eigenvalue weighted by Gasteiger charge is 2.54. The first-order valence-electron chi connectivity index (χ1n) is 11.5. The van der Waals surface area contributed by atoms with E-state index in [4.69, 9.17) is 9.84 Å². The molecule has 7 nitrogen and oxygen atoms in total. The minimum Gasteiger partial charge on any atom is -0.481 e. The van der Waals surface area contributed by atoms with Crippen molar-refractivity contribution in [2.45, 2.75) is 44.6 Å². The Labute approximate surface area is 201 Å². The van der Waals surface area contributed by atoms with Crippen molar-refractivity contribution >= 4 is 18.0 Å². The molecule has 0 aromatic heterocycles. The summed E-state index contributed by atoms with van der Waals surface area (Å²) in [5.41, 5.74) is 2.65. The van der Waals surface area contributed by atoms with Crippen molar-refractivity contribution in [3.8, 4) is 11.1 Å². The third-order valence-corrected chi connectivity index (χ3v) is 6.67. The number of aliphatic carboxylic acids is 1. The fourth-order valence-corrected chi connectivity index (χ4v) is 4.34. The molecular formula is C26H28F2N2O5. The van der Waals surface area contributed by atoms with E-state index >= 15 is 8.78 Å². The summed E-state index contributed by atoms with van der Waals surface area (Å²) in [6.45, 7) is 2.13. The van der Waals surface area contributed by atoms with Gasteiger partial charge < -0.3 is 20.5 Å². The molecule has 1 saturated carbocycles. The molecule has 2 aliphatic carbocycles. The summed E-state index contributed by atoms with van der Waals surface area (Å²) in [6.07, 6.45) is -0.141. The first kappa shape index (κ1) is 24.6. The smallest absolute Gasteiger partial charge is 0.407 e. The van der Waals surface area contributed by atoms with Crippen LogP contribution in [0.3, 0.4) is 0 Å². The molecule has 2 aromatic rings. The number of nitrogens with one attached hydrogen (secondary N) is 2. The number of halogens is 2. The van der Waals surface area contributed by atoms with Crippen LogP contribution in [0.1, 0.15) is 43.7 Å². The Morgan fingerprint density at radius 2 is 1.57 bits per heavy atom. The van der Waals surface area contributed by atoms with Gasteiger partial charge in [-0.25, -0.2) is 4.79 Å². The second kappa shape index (κ2) is 9.28. The second-order valence-corrected chi connectivity index (χ2v) is 9.78. The molecule has 1 unspecified atom stereocenters. The van der Waals surface area contributed by atoms with Gasteiger partial charge in [-0.1, -0.05) is 48.5 Å². The van der Waals surface area contributed by atoms with Crippen molar-refractivity contribution in [2.24, 2.45) is 11.3 Å². The molecule has 0 spiro atoms. The Kier molecular flexibility index (Phi) is 6.53. The number of hydrogen-bond acceptors (Lipinski definition) is 4. The van der Waals surface area contributed by atoms with Crippen LogP contribution in [0.15, 0.2) is 48.5 Å². The normalized spacial score (nSPS) is 16.1. The van der Waals surface area contributed by atoms with E-state index in [-0.39, 0.29) is 12.5 Å². The Bertz CT molecular complexity index is 1100. The van der Waals surface area contributed by atoms with E-state index in [1.165, 1.54) is 13.8 Å². The zero-order valence-corrected chi connectivity index (χ0v) is 19.5. The summed E-state index contributed by atoms with van der Waals surface area (Å²) >= 11 is 0. The second-order valence-electron chi connectivity index (χ2n) is 9.78. The molecule has 9 heteroatoms. The van der Waals surface area contributed by atoms with Crippen LogP contribution in [0.4, 0.5) is 13.6 Å². The first-order chi connectivity index (χ1) is 16.5. The Morgan fingerprint density at radius 1 is 1.03 bits per heavy atom. The van der Waals surface area contributed by atoms with E-state index in [1.54, 1.807) is 0 Å². The van der Waals surface area contributed by atoms with Gasteiger partial charge in [0.25, 0.3) is 5.91 Å². The van der Waals surface area contributed by atoms with Gasteiger partial charge in [0.2, 0.25) is 0 Å². The number of carbonyl (C=O) groups excluding carboxylic acids is 2. The molecule has 0 aliphatic heterocycles. The predicted octanol–water partition coefficient (Wildman–Crippen LogP) is 4.17. The minimum absolute atomic E-state index is 0.0399. The van der Waals surface area contributed by atoms with E-state index in [0.29, 0.717) is 12.8 Å². The predicted molar refractivity (Wildman–Crippen MR) is 124 cm³/mol. The number of rotatable bonds is 9. The van der Waals surface area contributed by atoms with Crippen molar-refractivity contribution in [3.05, 3.63) is 59.7 Å². The van der Waals surface area contributed by atoms with Gasteiger partial charge in [0.1, 0.15) is 12.6 Å². The van der Waals surface area contributed by atoms with Crippen LogP contribution < -0.4 is 10.6 Å². The number of carboxylic acid groups (broad SMARTS) is 1. The maximum Gasteiger partial charge on any atom is 0.407 e. The molecule has 1 fully saturated rings. The lowest BCUT2D eigenvalue weighted by Gasteiger charge is -2.28. The summed E-state index contributed by atoms with van der Waals surface area (Å²) < 4.78 is 35.4. The number of hydrogen-bond donors (Lipinski definition) is 3. The Morgan fingerprint density at radius 3 is 2.09 bits per heavy atom. The zero-order valence-electron chi connectivity index (χ0n) is 19.5. The van der Waals surface area contributed by atoms with E-state index in [0.717, 1.165) is 22.3 Å². The lowest BCUT2D eigenvalue weighted by atomic mass is 9.93. The topological polar surface area (TPSA) is 105 Å². The number of fused-ring (bicyclic) bond motifs is 3. The van der Waals surface area contributed by atoms with Crippen molar-refractivity contribution in [2.75, 3.05) is 13.2 Å². The summed E-state index contributed by atoms with van der Waals surface area (Å²) in [4.78, 5) is 36.1. The number of ether oxygens (including phenoxy) is 1. The molecule has 0 radical (unpaired) electrons. The SMILES string of the molecule is CC(C)(CNC(=O)C(F)(F)C(NC(=O)OCC1c2ccccc2-c2ccccc21)C1CC1)C(=O)O. The molecule has 4 rings (SSSR count). The summed E-state index contributed by atoms with van der Waals surface area (Å²) in [6, 6.07) is 13.8. The van der Waals surface area contributed by atoms with Gasteiger partial charge in [-0.3, -0.25) is 9.59 Å². The number of carbonyl (C=O) groups is 3.